The van der Waals surface area contributed by atoms with Crippen LogP contribution in [-0.2, 0) is 10.0 Å². The molecule has 1 aromatic rings. The average molecular weight is 319 g/mol. The number of hydrogen-bond donors (Lipinski definition) is 1. The molecule has 0 aliphatic rings. The third-order valence-corrected chi connectivity index (χ3v) is 3.72. The Balaban J connectivity index is 2.84. The van der Waals surface area contributed by atoms with Crippen LogP contribution < -0.4 is 24.1 Å². The van der Waals surface area contributed by atoms with E-state index in [-0.39, 0.29) is 18.3 Å². The second kappa shape index (κ2) is 7.37. The van der Waals surface area contributed by atoms with Gasteiger partial charge in [-0.1, -0.05) is 6.92 Å². The highest BCUT2D eigenvalue weighted by atomic mass is 32.2. The number of nitrogens with two attached hydrogens (primary N) is 1. The molecule has 0 aliphatic heterocycles. The highest BCUT2D eigenvalue weighted by Crippen LogP contribution is 2.40. The predicted molar refractivity (Wildman–Crippen MR) is 78.7 cm³/mol. The van der Waals surface area contributed by atoms with Gasteiger partial charge in [-0.15, -0.1) is 0 Å². The van der Waals surface area contributed by atoms with Gasteiger partial charge in [0.15, 0.2) is 11.5 Å². The summed E-state index contributed by atoms with van der Waals surface area (Å²) in [5, 5.41) is 4.99. The van der Waals surface area contributed by atoms with Gasteiger partial charge in [-0.05, 0) is 0 Å². The van der Waals surface area contributed by atoms with Gasteiger partial charge in [-0.3, -0.25) is 0 Å². The summed E-state index contributed by atoms with van der Waals surface area (Å²) < 4.78 is 43.2. The molecule has 21 heavy (non-hydrogen) atoms. The molecule has 0 saturated carbocycles. The minimum Gasteiger partial charge on any atom is -0.493 e. The Hall–Kier alpha value is -1.67. The van der Waals surface area contributed by atoms with Crippen molar-refractivity contribution in [3.8, 4) is 23.0 Å². The highest BCUT2D eigenvalue weighted by Gasteiger charge is 2.16. The third-order valence-electron chi connectivity index (χ3n) is 2.69. The van der Waals surface area contributed by atoms with Crippen molar-refractivity contribution in [1.29, 1.82) is 0 Å². The molecule has 0 heterocycles. The Morgan fingerprint density at radius 2 is 1.62 bits per heavy atom. The quantitative estimate of drug-likeness (QED) is 0.768. The van der Waals surface area contributed by atoms with Crippen molar-refractivity contribution < 1.29 is 27.4 Å². The van der Waals surface area contributed by atoms with Crippen LogP contribution in [0.15, 0.2) is 12.1 Å². The van der Waals surface area contributed by atoms with E-state index in [1.165, 1.54) is 21.3 Å². The Labute approximate surface area is 125 Å². The van der Waals surface area contributed by atoms with E-state index < -0.39 is 10.0 Å². The van der Waals surface area contributed by atoms with E-state index in [0.717, 1.165) is 0 Å². The number of sulfonamides is 1. The van der Waals surface area contributed by atoms with Crippen molar-refractivity contribution in [2.24, 2.45) is 11.1 Å². The van der Waals surface area contributed by atoms with E-state index in [0.29, 0.717) is 23.0 Å². The molecule has 7 nitrogen and oxygen atoms in total. The number of ether oxygens (including phenoxy) is 4. The SMILES string of the molecule is COc1cc(OCC(C)CS(N)(=O)=O)cc(OC)c1OC. The molecule has 0 spiro atoms. The van der Waals surface area contributed by atoms with Crippen molar-refractivity contribution in [1.82, 2.24) is 0 Å². The first-order valence-electron chi connectivity index (χ1n) is 6.24. The normalized spacial score (nSPS) is 12.6. The largest absolute Gasteiger partial charge is 0.493 e. The zero-order valence-corrected chi connectivity index (χ0v) is 13.4. The van der Waals surface area contributed by atoms with Gasteiger partial charge in [0.05, 0.1) is 33.7 Å². The predicted octanol–water partition coefficient (Wildman–Crippen LogP) is 1.02. The van der Waals surface area contributed by atoms with E-state index in [4.69, 9.17) is 24.1 Å². The summed E-state index contributed by atoms with van der Waals surface area (Å²) in [5.41, 5.74) is 0. The molecule has 0 bridgehead atoms. The van der Waals surface area contributed by atoms with Crippen LogP contribution in [0.3, 0.4) is 0 Å². The first-order chi connectivity index (χ1) is 9.80. The summed E-state index contributed by atoms with van der Waals surface area (Å²) in [5.74, 6) is 1.50. The molecule has 0 aromatic heterocycles. The number of benzene rings is 1. The summed E-state index contributed by atoms with van der Waals surface area (Å²) >= 11 is 0. The molecule has 0 fully saturated rings. The van der Waals surface area contributed by atoms with Crippen LogP contribution in [0.2, 0.25) is 0 Å². The maximum absolute atomic E-state index is 11.0. The monoisotopic (exact) mass is 319 g/mol. The second-order valence-electron chi connectivity index (χ2n) is 4.61. The third kappa shape index (κ3) is 5.31. The second-order valence-corrected chi connectivity index (χ2v) is 6.27. The summed E-state index contributed by atoms with van der Waals surface area (Å²) in [7, 11) is 1.00. The minimum absolute atomic E-state index is 0.141. The maximum Gasteiger partial charge on any atom is 0.209 e. The lowest BCUT2D eigenvalue weighted by Gasteiger charge is -2.16. The Kier molecular flexibility index (Phi) is 6.10. The summed E-state index contributed by atoms with van der Waals surface area (Å²) in [6.07, 6.45) is 0. The van der Waals surface area contributed by atoms with Crippen molar-refractivity contribution in [2.45, 2.75) is 6.92 Å². The van der Waals surface area contributed by atoms with E-state index >= 15 is 0 Å². The fourth-order valence-corrected chi connectivity index (χ4v) is 2.71. The first-order valence-corrected chi connectivity index (χ1v) is 7.95. The van der Waals surface area contributed by atoms with Crippen molar-refractivity contribution in [2.75, 3.05) is 33.7 Å². The van der Waals surface area contributed by atoms with Gasteiger partial charge in [0, 0.05) is 18.1 Å². The molecule has 0 aliphatic carbocycles. The van der Waals surface area contributed by atoms with Crippen LogP contribution in [0.1, 0.15) is 6.92 Å². The van der Waals surface area contributed by atoms with Crippen LogP contribution in [0.25, 0.3) is 0 Å². The van der Waals surface area contributed by atoms with Gasteiger partial charge in [-0.25, -0.2) is 13.6 Å². The molecule has 1 unspecified atom stereocenters. The van der Waals surface area contributed by atoms with Crippen LogP contribution in [0.5, 0.6) is 23.0 Å². The molecule has 1 atom stereocenters. The molecule has 0 saturated heterocycles. The van der Waals surface area contributed by atoms with E-state index in [1.54, 1.807) is 19.1 Å². The number of methoxy groups -OCH3 is 3. The smallest absolute Gasteiger partial charge is 0.209 e. The van der Waals surface area contributed by atoms with Crippen molar-refractivity contribution >= 4 is 10.0 Å². The lowest BCUT2D eigenvalue weighted by Crippen LogP contribution is -2.25. The zero-order valence-electron chi connectivity index (χ0n) is 12.6. The standard InChI is InChI=1S/C13H21NO6S/c1-9(8-21(14,15)16)7-20-10-5-11(17-2)13(19-4)12(6-10)18-3/h5-6,9H,7-8H2,1-4H3,(H2,14,15,16). The number of primary sulfonamides is 1. The average Bonchev–Trinajstić information content (AvgIpc) is 2.41. The van der Waals surface area contributed by atoms with E-state index in [2.05, 4.69) is 0 Å². The highest BCUT2D eigenvalue weighted by molar-refractivity contribution is 7.89. The van der Waals surface area contributed by atoms with Crippen LogP contribution in [-0.4, -0.2) is 42.1 Å². The molecule has 1 rings (SSSR count). The van der Waals surface area contributed by atoms with E-state index in [9.17, 15) is 8.42 Å². The fourth-order valence-electron chi connectivity index (χ4n) is 1.82. The molecule has 120 valence electrons. The van der Waals surface area contributed by atoms with Gasteiger partial charge < -0.3 is 18.9 Å². The maximum atomic E-state index is 11.0. The van der Waals surface area contributed by atoms with Crippen LogP contribution >= 0.6 is 0 Å². The molecular weight excluding hydrogens is 298 g/mol. The minimum atomic E-state index is -3.51. The molecule has 1 aromatic carbocycles. The van der Waals surface area contributed by atoms with Crippen molar-refractivity contribution in [3.05, 3.63) is 12.1 Å². The van der Waals surface area contributed by atoms with Crippen LogP contribution in [0, 0.1) is 5.92 Å². The summed E-state index contributed by atoms with van der Waals surface area (Å²) in [4.78, 5) is 0. The molecule has 0 amide bonds. The molecular formula is C13H21NO6S. The first kappa shape index (κ1) is 17.4. The lowest BCUT2D eigenvalue weighted by atomic mass is 10.2. The van der Waals surface area contributed by atoms with E-state index in [1.807, 2.05) is 0 Å². The summed E-state index contributed by atoms with van der Waals surface area (Å²) in [6, 6.07) is 3.29. The Morgan fingerprint density at radius 3 is 2.00 bits per heavy atom. The molecule has 8 heteroatoms. The van der Waals surface area contributed by atoms with Gasteiger partial charge in [-0.2, -0.15) is 0 Å². The number of rotatable bonds is 8. The molecule has 2 N–H and O–H groups in total. The Morgan fingerprint density at radius 1 is 1.10 bits per heavy atom. The number of hydrogen-bond acceptors (Lipinski definition) is 6. The Bertz CT molecular complexity index is 547. The van der Waals surface area contributed by atoms with Gasteiger partial charge in [0.25, 0.3) is 0 Å². The topological polar surface area (TPSA) is 97.1 Å². The van der Waals surface area contributed by atoms with Gasteiger partial charge in [0.2, 0.25) is 15.8 Å². The zero-order chi connectivity index (χ0) is 16.0. The fraction of sp³-hybridized carbons (Fsp3) is 0.538. The van der Waals surface area contributed by atoms with Crippen molar-refractivity contribution in [3.63, 3.8) is 0 Å². The van der Waals surface area contributed by atoms with Gasteiger partial charge >= 0.3 is 0 Å². The van der Waals surface area contributed by atoms with Crippen LogP contribution in [0.4, 0.5) is 0 Å². The molecule has 0 radical (unpaired) electrons. The summed E-state index contributed by atoms with van der Waals surface area (Å²) in [6.45, 7) is 1.94. The van der Waals surface area contributed by atoms with Gasteiger partial charge in [0.1, 0.15) is 5.75 Å². The lowest BCUT2D eigenvalue weighted by molar-refractivity contribution is 0.265.